The Kier molecular flexibility index (Phi) is 5.58. The zero-order chi connectivity index (χ0) is 14.5. The summed E-state index contributed by atoms with van der Waals surface area (Å²) >= 11 is 0. The van der Waals surface area contributed by atoms with E-state index in [9.17, 15) is 0 Å². The number of aryl methyl sites for hydroxylation is 1. The lowest BCUT2D eigenvalue weighted by atomic mass is 9.93. The van der Waals surface area contributed by atoms with Crippen LogP contribution in [0.25, 0.3) is 0 Å². The predicted molar refractivity (Wildman–Crippen MR) is 81.7 cm³/mol. The lowest BCUT2D eigenvalue weighted by Crippen LogP contribution is -2.34. The molecule has 0 radical (unpaired) electrons. The van der Waals surface area contributed by atoms with Gasteiger partial charge in [0.1, 0.15) is 0 Å². The molecule has 20 heavy (non-hydrogen) atoms. The summed E-state index contributed by atoms with van der Waals surface area (Å²) in [6.45, 7) is 4.14. The molecule has 3 nitrogen and oxygen atoms in total. The average molecular weight is 277 g/mol. The van der Waals surface area contributed by atoms with E-state index in [1.165, 1.54) is 17.5 Å². The zero-order valence-corrected chi connectivity index (χ0v) is 12.8. The van der Waals surface area contributed by atoms with Gasteiger partial charge in [0.15, 0.2) is 0 Å². The fourth-order valence-electron chi connectivity index (χ4n) is 3.03. The third kappa shape index (κ3) is 3.81. The van der Waals surface area contributed by atoms with Crippen molar-refractivity contribution in [1.82, 2.24) is 0 Å². The second-order valence-electron chi connectivity index (χ2n) is 5.92. The van der Waals surface area contributed by atoms with Crippen LogP contribution in [0.15, 0.2) is 24.3 Å². The topological polar surface area (TPSA) is 44.5 Å². The van der Waals surface area contributed by atoms with Crippen molar-refractivity contribution in [1.29, 1.82) is 0 Å². The minimum Gasteiger partial charge on any atom is -0.381 e. The van der Waals surface area contributed by atoms with Gasteiger partial charge in [-0.15, -0.1) is 0 Å². The third-order valence-electron chi connectivity index (χ3n) is 4.22. The molecule has 3 heteroatoms. The molecule has 0 spiro atoms. The van der Waals surface area contributed by atoms with E-state index >= 15 is 0 Å². The molecule has 1 aliphatic rings. The summed E-state index contributed by atoms with van der Waals surface area (Å²) in [5.74, 6) is 0. The lowest BCUT2D eigenvalue weighted by molar-refractivity contribution is -0.0727. The van der Waals surface area contributed by atoms with Crippen molar-refractivity contribution in [3.05, 3.63) is 35.4 Å². The van der Waals surface area contributed by atoms with E-state index in [-0.39, 0.29) is 18.2 Å². The van der Waals surface area contributed by atoms with Crippen LogP contribution in [-0.2, 0) is 9.47 Å². The summed E-state index contributed by atoms with van der Waals surface area (Å²) in [6, 6.07) is 8.34. The number of methoxy groups -OCH3 is 1. The van der Waals surface area contributed by atoms with Crippen LogP contribution in [0.2, 0.25) is 0 Å². The number of rotatable bonds is 5. The monoisotopic (exact) mass is 277 g/mol. The molecule has 1 aromatic rings. The molecule has 2 rings (SSSR count). The van der Waals surface area contributed by atoms with Gasteiger partial charge in [0.05, 0.1) is 18.3 Å². The summed E-state index contributed by atoms with van der Waals surface area (Å²) in [5.41, 5.74) is 8.62. The van der Waals surface area contributed by atoms with E-state index in [2.05, 4.69) is 31.2 Å². The number of hydrogen-bond donors (Lipinski definition) is 1. The maximum absolute atomic E-state index is 6.35. The van der Waals surface area contributed by atoms with E-state index in [4.69, 9.17) is 15.2 Å². The SMILES string of the molecule is COC1CCCC(OC(c2ccccc2C)C(C)N)C1. The molecule has 0 amide bonds. The summed E-state index contributed by atoms with van der Waals surface area (Å²) in [7, 11) is 1.79. The normalized spacial score (nSPS) is 26.2. The standard InChI is InChI=1S/C17H27NO2/c1-12-7-4-5-10-16(12)17(13(2)18)20-15-9-6-8-14(11-15)19-3/h4-5,7,10,13-15,17H,6,8-9,11,18H2,1-3H3. The smallest absolute Gasteiger partial charge is 0.0979 e. The van der Waals surface area contributed by atoms with Crippen molar-refractivity contribution in [2.45, 2.75) is 63.9 Å². The van der Waals surface area contributed by atoms with Crippen molar-refractivity contribution < 1.29 is 9.47 Å². The molecule has 1 aliphatic carbocycles. The molecule has 1 aromatic carbocycles. The van der Waals surface area contributed by atoms with E-state index in [0.29, 0.717) is 6.10 Å². The summed E-state index contributed by atoms with van der Waals surface area (Å²) in [5, 5.41) is 0. The van der Waals surface area contributed by atoms with Gasteiger partial charge in [0, 0.05) is 13.2 Å². The van der Waals surface area contributed by atoms with Gasteiger partial charge in [-0.3, -0.25) is 0 Å². The Morgan fingerprint density at radius 2 is 1.90 bits per heavy atom. The first-order valence-corrected chi connectivity index (χ1v) is 7.61. The molecule has 2 N–H and O–H groups in total. The first-order chi connectivity index (χ1) is 9.61. The Morgan fingerprint density at radius 1 is 1.20 bits per heavy atom. The summed E-state index contributed by atoms with van der Waals surface area (Å²) in [6.07, 6.45) is 4.95. The highest BCUT2D eigenvalue weighted by Crippen LogP contribution is 2.31. The Balaban J connectivity index is 2.08. The number of ether oxygens (including phenoxy) is 2. The molecule has 0 aromatic heterocycles. The fourth-order valence-corrected chi connectivity index (χ4v) is 3.03. The maximum Gasteiger partial charge on any atom is 0.0979 e. The van der Waals surface area contributed by atoms with E-state index in [1.54, 1.807) is 7.11 Å². The molecule has 1 saturated carbocycles. The second kappa shape index (κ2) is 7.21. The molecule has 0 bridgehead atoms. The van der Waals surface area contributed by atoms with Gasteiger partial charge in [0.25, 0.3) is 0 Å². The Labute approximate surface area is 122 Å². The van der Waals surface area contributed by atoms with Crippen LogP contribution < -0.4 is 5.73 Å². The van der Waals surface area contributed by atoms with Gasteiger partial charge < -0.3 is 15.2 Å². The summed E-state index contributed by atoms with van der Waals surface area (Å²) in [4.78, 5) is 0. The van der Waals surface area contributed by atoms with Gasteiger partial charge in [-0.1, -0.05) is 24.3 Å². The maximum atomic E-state index is 6.35. The van der Waals surface area contributed by atoms with E-state index in [1.807, 2.05) is 6.92 Å². The van der Waals surface area contributed by atoms with Gasteiger partial charge in [-0.25, -0.2) is 0 Å². The summed E-state index contributed by atoms with van der Waals surface area (Å²) < 4.78 is 11.8. The predicted octanol–water partition coefficient (Wildman–Crippen LogP) is 3.36. The van der Waals surface area contributed by atoms with E-state index < -0.39 is 0 Å². The highest BCUT2D eigenvalue weighted by Gasteiger charge is 2.27. The van der Waals surface area contributed by atoms with Crippen LogP contribution in [0.1, 0.15) is 49.8 Å². The van der Waals surface area contributed by atoms with Crippen molar-refractivity contribution in [3.8, 4) is 0 Å². The van der Waals surface area contributed by atoms with Crippen LogP contribution >= 0.6 is 0 Å². The number of hydrogen-bond acceptors (Lipinski definition) is 3. The fraction of sp³-hybridized carbons (Fsp3) is 0.647. The van der Waals surface area contributed by atoms with Crippen molar-refractivity contribution in [3.63, 3.8) is 0 Å². The second-order valence-corrected chi connectivity index (χ2v) is 5.92. The van der Waals surface area contributed by atoms with Gasteiger partial charge >= 0.3 is 0 Å². The Hall–Kier alpha value is -0.900. The molecular formula is C17H27NO2. The Morgan fingerprint density at radius 3 is 2.55 bits per heavy atom. The first-order valence-electron chi connectivity index (χ1n) is 7.61. The van der Waals surface area contributed by atoms with Crippen molar-refractivity contribution in [2.24, 2.45) is 5.73 Å². The van der Waals surface area contributed by atoms with Gasteiger partial charge in [-0.05, 0) is 50.7 Å². The molecule has 4 unspecified atom stereocenters. The number of benzene rings is 1. The molecule has 0 heterocycles. The molecule has 112 valence electrons. The molecular weight excluding hydrogens is 250 g/mol. The third-order valence-corrected chi connectivity index (χ3v) is 4.22. The highest BCUT2D eigenvalue weighted by molar-refractivity contribution is 5.28. The van der Waals surface area contributed by atoms with Crippen molar-refractivity contribution in [2.75, 3.05) is 7.11 Å². The molecule has 1 fully saturated rings. The van der Waals surface area contributed by atoms with Crippen LogP contribution in [0.3, 0.4) is 0 Å². The van der Waals surface area contributed by atoms with E-state index in [0.717, 1.165) is 19.3 Å². The number of nitrogens with two attached hydrogens (primary N) is 1. The quantitative estimate of drug-likeness (QED) is 0.897. The van der Waals surface area contributed by atoms with Gasteiger partial charge in [-0.2, -0.15) is 0 Å². The Bertz CT molecular complexity index is 419. The largest absolute Gasteiger partial charge is 0.381 e. The molecule has 4 atom stereocenters. The van der Waals surface area contributed by atoms with Crippen LogP contribution in [0.4, 0.5) is 0 Å². The lowest BCUT2D eigenvalue weighted by Gasteiger charge is -2.33. The molecule has 0 saturated heterocycles. The highest BCUT2D eigenvalue weighted by atomic mass is 16.5. The zero-order valence-electron chi connectivity index (χ0n) is 12.8. The van der Waals surface area contributed by atoms with Crippen LogP contribution in [0, 0.1) is 6.92 Å². The first kappa shape index (κ1) is 15.5. The minimum absolute atomic E-state index is 0.0148. The average Bonchev–Trinajstić information content (AvgIpc) is 2.45. The van der Waals surface area contributed by atoms with Crippen LogP contribution in [0.5, 0.6) is 0 Å². The molecule has 0 aliphatic heterocycles. The van der Waals surface area contributed by atoms with Crippen molar-refractivity contribution >= 4 is 0 Å². The minimum atomic E-state index is -0.0307. The van der Waals surface area contributed by atoms with Crippen LogP contribution in [-0.4, -0.2) is 25.4 Å². The van der Waals surface area contributed by atoms with Gasteiger partial charge in [0.2, 0.25) is 0 Å².